The van der Waals surface area contributed by atoms with Crippen molar-refractivity contribution in [3.63, 3.8) is 0 Å². The largest absolute Gasteiger partial charge is 0.460 e. The van der Waals surface area contributed by atoms with Crippen LogP contribution >= 0.6 is 0 Å². The average Bonchev–Trinajstić information content (AvgIpc) is 2.55. The summed E-state index contributed by atoms with van der Waals surface area (Å²) < 4.78 is 5.80. The SMILES string of the molecule is OC[C@H]1C[C@@H]2OC(N3CCC3)=N[C@@H]2C[C@H]1O. The molecule has 4 atom stereocenters. The first-order chi connectivity index (χ1) is 7.78. The van der Waals surface area contributed by atoms with Crippen molar-refractivity contribution in [2.45, 2.75) is 37.5 Å². The first kappa shape index (κ1) is 10.4. The number of ether oxygens (including phenoxy) is 1. The zero-order chi connectivity index (χ0) is 11.1. The molecule has 1 saturated carbocycles. The van der Waals surface area contributed by atoms with E-state index >= 15 is 0 Å². The Labute approximate surface area is 94.7 Å². The Kier molecular flexibility index (Phi) is 2.52. The maximum Gasteiger partial charge on any atom is 0.288 e. The molecule has 0 bridgehead atoms. The third-order valence-electron chi connectivity index (χ3n) is 3.89. The molecule has 2 N–H and O–H groups in total. The maximum absolute atomic E-state index is 9.81. The number of hydrogen-bond donors (Lipinski definition) is 2. The molecule has 0 aromatic rings. The second-order valence-electron chi connectivity index (χ2n) is 4.96. The van der Waals surface area contributed by atoms with Gasteiger partial charge in [-0.1, -0.05) is 0 Å². The third-order valence-corrected chi connectivity index (χ3v) is 3.89. The van der Waals surface area contributed by atoms with E-state index in [4.69, 9.17) is 9.84 Å². The van der Waals surface area contributed by atoms with Crippen LogP contribution < -0.4 is 0 Å². The van der Waals surface area contributed by atoms with Crippen LogP contribution in [0.3, 0.4) is 0 Å². The number of likely N-dealkylation sites (tertiary alicyclic amines) is 1. The fourth-order valence-corrected chi connectivity index (χ4v) is 2.63. The van der Waals surface area contributed by atoms with Crippen molar-refractivity contribution >= 4 is 6.02 Å². The van der Waals surface area contributed by atoms with Gasteiger partial charge in [0.25, 0.3) is 6.02 Å². The number of fused-ring (bicyclic) bond motifs is 1. The number of nitrogens with zero attached hydrogens (tertiary/aromatic N) is 2. The molecule has 1 aliphatic carbocycles. The quantitative estimate of drug-likeness (QED) is 0.637. The van der Waals surface area contributed by atoms with Gasteiger partial charge in [0.05, 0.1) is 12.1 Å². The normalized spacial score (nSPS) is 42.1. The molecule has 3 rings (SSSR count). The van der Waals surface area contributed by atoms with Crippen LogP contribution in [0.1, 0.15) is 19.3 Å². The van der Waals surface area contributed by atoms with E-state index in [2.05, 4.69) is 9.89 Å². The molecule has 5 nitrogen and oxygen atoms in total. The van der Waals surface area contributed by atoms with Crippen molar-refractivity contribution in [1.82, 2.24) is 4.90 Å². The molecule has 0 spiro atoms. The highest BCUT2D eigenvalue weighted by atomic mass is 16.5. The van der Waals surface area contributed by atoms with Crippen LogP contribution in [-0.4, -0.2) is 59.1 Å². The lowest BCUT2D eigenvalue weighted by atomic mass is 9.82. The first-order valence-corrected chi connectivity index (χ1v) is 6.06. The Hall–Kier alpha value is -0.810. The molecule has 0 aromatic heterocycles. The highest BCUT2D eigenvalue weighted by Gasteiger charge is 2.42. The lowest BCUT2D eigenvalue weighted by molar-refractivity contribution is -0.0139. The molecule has 2 heterocycles. The van der Waals surface area contributed by atoms with Crippen molar-refractivity contribution in [3.05, 3.63) is 0 Å². The highest BCUT2D eigenvalue weighted by molar-refractivity contribution is 5.76. The second-order valence-corrected chi connectivity index (χ2v) is 4.96. The highest BCUT2D eigenvalue weighted by Crippen LogP contribution is 2.33. The van der Waals surface area contributed by atoms with Crippen molar-refractivity contribution in [2.24, 2.45) is 10.9 Å². The fourth-order valence-electron chi connectivity index (χ4n) is 2.63. The lowest BCUT2D eigenvalue weighted by Crippen LogP contribution is -2.44. The van der Waals surface area contributed by atoms with Gasteiger partial charge in [-0.2, -0.15) is 0 Å². The zero-order valence-corrected chi connectivity index (χ0v) is 9.25. The van der Waals surface area contributed by atoms with Gasteiger partial charge in [-0.25, -0.2) is 4.99 Å². The Bertz CT molecular complexity index is 304. The molecule has 0 amide bonds. The van der Waals surface area contributed by atoms with Gasteiger partial charge < -0.3 is 19.8 Å². The molecular weight excluding hydrogens is 208 g/mol. The number of hydrogen-bond acceptors (Lipinski definition) is 5. The van der Waals surface area contributed by atoms with Crippen molar-refractivity contribution in [3.8, 4) is 0 Å². The topological polar surface area (TPSA) is 65.3 Å². The maximum atomic E-state index is 9.81. The molecule has 2 aliphatic heterocycles. The summed E-state index contributed by atoms with van der Waals surface area (Å²) in [6.07, 6.45) is 2.17. The Morgan fingerprint density at radius 2 is 2.19 bits per heavy atom. The summed E-state index contributed by atoms with van der Waals surface area (Å²) in [5, 5.41) is 19.0. The van der Waals surface area contributed by atoms with Gasteiger partial charge in [0.1, 0.15) is 6.10 Å². The molecule has 0 unspecified atom stereocenters. The minimum atomic E-state index is -0.436. The number of rotatable bonds is 1. The Morgan fingerprint density at radius 1 is 1.38 bits per heavy atom. The van der Waals surface area contributed by atoms with Gasteiger partial charge in [-0.15, -0.1) is 0 Å². The van der Waals surface area contributed by atoms with E-state index in [1.54, 1.807) is 0 Å². The summed E-state index contributed by atoms with van der Waals surface area (Å²) >= 11 is 0. The monoisotopic (exact) mass is 226 g/mol. The van der Waals surface area contributed by atoms with Crippen molar-refractivity contribution < 1.29 is 14.9 Å². The second kappa shape index (κ2) is 3.89. The summed E-state index contributed by atoms with van der Waals surface area (Å²) in [4.78, 5) is 6.67. The van der Waals surface area contributed by atoms with Gasteiger partial charge in [0.2, 0.25) is 0 Å². The van der Waals surface area contributed by atoms with E-state index < -0.39 is 6.10 Å². The predicted molar refractivity (Wildman–Crippen MR) is 58.1 cm³/mol. The van der Waals surface area contributed by atoms with Gasteiger partial charge in [0, 0.05) is 25.6 Å². The van der Waals surface area contributed by atoms with Crippen molar-refractivity contribution in [2.75, 3.05) is 19.7 Å². The molecule has 0 radical (unpaired) electrons. The predicted octanol–water partition coefficient (Wildman–Crippen LogP) is -0.421. The Balaban J connectivity index is 1.67. The lowest BCUT2D eigenvalue weighted by Gasteiger charge is -2.34. The Morgan fingerprint density at radius 3 is 2.81 bits per heavy atom. The van der Waals surface area contributed by atoms with Crippen molar-refractivity contribution in [1.29, 1.82) is 0 Å². The molecular formula is C11H18N2O3. The number of aliphatic imine (C=N–C) groups is 1. The van der Waals surface area contributed by atoms with Crippen LogP contribution in [0.15, 0.2) is 4.99 Å². The molecule has 3 aliphatic rings. The summed E-state index contributed by atoms with van der Waals surface area (Å²) in [7, 11) is 0. The molecule has 1 saturated heterocycles. The van der Waals surface area contributed by atoms with E-state index in [-0.39, 0.29) is 24.7 Å². The van der Waals surface area contributed by atoms with Crippen LogP contribution in [0.4, 0.5) is 0 Å². The van der Waals surface area contributed by atoms with Gasteiger partial charge >= 0.3 is 0 Å². The summed E-state index contributed by atoms with van der Waals surface area (Å²) in [5.74, 6) is -0.0489. The first-order valence-electron chi connectivity index (χ1n) is 6.06. The van der Waals surface area contributed by atoms with Crippen LogP contribution in [0.2, 0.25) is 0 Å². The van der Waals surface area contributed by atoms with Gasteiger partial charge in [-0.3, -0.25) is 0 Å². The van der Waals surface area contributed by atoms with E-state index in [0.29, 0.717) is 12.8 Å². The molecule has 2 fully saturated rings. The third kappa shape index (κ3) is 1.58. The van der Waals surface area contributed by atoms with E-state index in [0.717, 1.165) is 19.1 Å². The van der Waals surface area contributed by atoms with E-state index in [1.165, 1.54) is 6.42 Å². The smallest absolute Gasteiger partial charge is 0.288 e. The minimum Gasteiger partial charge on any atom is -0.460 e. The average molecular weight is 226 g/mol. The summed E-state index contributed by atoms with van der Waals surface area (Å²) in [6, 6.07) is 0.848. The number of amidine groups is 1. The van der Waals surface area contributed by atoms with Crippen LogP contribution in [-0.2, 0) is 4.74 Å². The van der Waals surface area contributed by atoms with Crippen LogP contribution in [0.25, 0.3) is 0 Å². The zero-order valence-electron chi connectivity index (χ0n) is 9.25. The standard InChI is InChI=1S/C11H18N2O3/c14-6-7-4-10-8(5-9(7)15)12-11(16-10)13-2-1-3-13/h7-10,14-15H,1-6H2/t7-,8-,9-,10+/m1/s1. The molecule has 90 valence electrons. The van der Waals surface area contributed by atoms with Gasteiger partial charge in [0.15, 0.2) is 0 Å². The fraction of sp³-hybridized carbons (Fsp3) is 0.909. The van der Waals surface area contributed by atoms with Crippen LogP contribution in [0, 0.1) is 5.92 Å². The number of aliphatic hydroxyl groups excluding tert-OH is 2. The molecule has 0 aromatic carbocycles. The molecule has 5 heteroatoms. The number of aliphatic hydroxyl groups is 2. The summed E-state index contributed by atoms with van der Waals surface area (Å²) in [6.45, 7) is 2.10. The minimum absolute atomic E-state index is 0.0345. The summed E-state index contributed by atoms with van der Waals surface area (Å²) in [5.41, 5.74) is 0. The van der Waals surface area contributed by atoms with E-state index in [9.17, 15) is 5.11 Å². The van der Waals surface area contributed by atoms with Crippen LogP contribution in [0.5, 0.6) is 0 Å². The van der Waals surface area contributed by atoms with Gasteiger partial charge in [-0.05, 0) is 19.3 Å². The van der Waals surface area contributed by atoms with E-state index in [1.807, 2.05) is 0 Å². The molecule has 16 heavy (non-hydrogen) atoms.